The van der Waals surface area contributed by atoms with Gasteiger partial charge in [0, 0.05) is 19.4 Å². The molecule has 1 unspecified atom stereocenters. The minimum absolute atomic E-state index is 0. The highest BCUT2D eigenvalue weighted by atomic mass is 35.5. The molecule has 66 valence electrons. The molecule has 0 aromatic heterocycles. The lowest BCUT2D eigenvalue weighted by atomic mass is 10.5. The second-order valence-electron chi connectivity index (χ2n) is 2.23. The van der Waals surface area contributed by atoms with Gasteiger partial charge in [-0.25, -0.2) is 0 Å². The van der Waals surface area contributed by atoms with Crippen LogP contribution in [0.2, 0.25) is 0 Å². The van der Waals surface area contributed by atoms with E-state index >= 15 is 0 Å². The molecule has 0 fully saturated rings. The Bertz CT molecular complexity index is 147. The Balaban J connectivity index is 0. The zero-order chi connectivity index (χ0) is 6.85. The van der Waals surface area contributed by atoms with Crippen LogP contribution in [0, 0.1) is 0 Å². The summed E-state index contributed by atoms with van der Waals surface area (Å²) in [7, 11) is 2.05. The molecule has 0 saturated carbocycles. The van der Waals surface area contributed by atoms with E-state index in [0.29, 0.717) is 6.17 Å². The van der Waals surface area contributed by atoms with Crippen molar-refractivity contribution in [1.82, 2.24) is 16.0 Å². The van der Waals surface area contributed by atoms with Crippen LogP contribution >= 0.6 is 12.4 Å². The average Bonchev–Trinajstić information content (AvgIpc) is 2.15. The van der Waals surface area contributed by atoms with Gasteiger partial charge in [0.2, 0.25) is 0 Å². The highest BCUT2D eigenvalue weighted by molar-refractivity contribution is 5.85. The molecule has 0 aromatic carbocycles. The molecule has 1 atom stereocenters. The molecule has 0 aromatic rings. The van der Waals surface area contributed by atoms with Crippen molar-refractivity contribution in [3.05, 3.63) is 25.2 Å². The number of nitrogens with zero attached hydrogens (tertiary/aromatic N) is 2. The summed E-state index contributed by atoms with van der Waals surface area (Å²) in [5, 5.41) is 0. The summed E-state index contributed by atoms with van der Waals surface area (Å²) in [6, 6.07) is 0. The molecular weight excluding hydrogens is 162 g/mol. The number of halogens is 1. The SMILES string of the molecule is C=CN1C=CN(C)C1C.Cl.N. The Kier molecular flexibility index (Phi) is 5.94. The summed E-state index contributed by atoms with van der Waals surface area (Å²) in [6.45, 7) is 5.80. The first kappa shape index (κ1) is 13.0. The molecule has 1 rings (SSSR count). The molecular formula is C7H16ClN3. The van der Waals surface area contributed by atoms with Crippen LogP contribution in [0.4, 0.5) is 0 Å². The van der Waals surface area contributed by atoms with E-state index in [1.54, 1.807) is 0 Å². The fourth-order valence-electron chi connectivity index (χ4n) is 0.855. The summed E-state index contributed by atoms with van der Waals surface area (Å²) in [4.78, 5) is 4.18. The second kappa shape index (κ2) is 5.04. The van der Waals surface area contributed by atoms with E-state index in [4.69, 9.17) is 0 Å². The van der Waals surface area contributed by atoms with E-state index in [-0.39, 0.29) is 18.6 Å². The third-order valence-corrected chi connectivity index (χ3v) is 1.71. The molecule has 1 heterocycles. The van der Waals surface area contributed by atoms with Crippen LogP contribution in [0.5, 0.6) is 0 Å². The Morgan fingerprint density at radius 2 is 2.00 bits per heavy atom. The highest BCUT2D eigenvalue weighted by Crippen LogP contribution is 2.11. The Hall–Kier alpha value is -0.670. The van der Waals surface area contributed by atoms with Crippen molar-refractivity contribution in [2.24, 2.45) is 0 Å². The van der Waals surface area contributed by atoms with Crippen LogP contribution in [0.15, 0.2) is 25.2 Å². The van der Waals surface area contributed by atoms with Gasteiger partial charge in [-0.2, -0.15) is 0 Å². The molecule has 0 amide bonds. The van der Waals surface area contributed by atoms with Crippen molar-refractivity contribution in [3.8, 4) is 0 Å². The maximum Gasteiger partial charge on any atom is 0.102 e. The molecule has 0 bridgehead atoms. The molecule has 3 nitrogen and oxygen atoms in total. The fraction of sp³-hybridized carbons (Fsp3) is 0.429. The van der Waals surface area contributed by atoms with Crippen LogP contribution in [-0.2, 0) is 0 Å². The summed E-state index contributed by atoms with van der Waals surface area (Å²) in [5.74, 6) is 0. The predicted octanol–water partition coefficient (Wildman–Crippen LogP) is 1.78. The molecule has 1 aliphatic rings. The van der Waals surface area contributed by atoms with Gasteiger partial charge >= 0.3 is 0 Å². The third-order valence-electron chi connectivity index (χ3n) is 1.71. The summed E-state index contributed by atoms with van der Waals surface area (Å²) >= 11 is 0. The standard InChI is InChI=1S/C7H12N2.ClH.H3N/c1-4-9-6-5-8(3)7(9)2;;/h4-7H,1H2,2-3H3;1H;1H3. The lowest BCUT2D eigenvalue weighted by Gasteiger charge is -2.23. The lowest BCUT2D eigenvalue weighted by molar-refractivity contribution is 0.247. The third kappa shape index (κ3) is 2.44. The van der Waals surface area contributed by atoms with Crippen LogP contribution < -0.4 is 6.15 Å². The van der Waals surface area contributed by atoms with Crippen molar-refractivity contribution in [3.63, 3.8) is 0 Å². The first-order chi connectivity index (χ1) is 4.25. The van der Waals surface area contributed by atoms with E-state index in [0.717, 1.165) is 0 Å². The van der Waals surface area contributed by atoms with Crippen LogP contribution in [0.1, 0.15) is 6.92 Å². The zero-order valence-electron chi connectivity index (χ0n) is 7.03. The lowest BCUT2D eigenvalue weighted by Crippen LogP contribution is -2.29. The van der Waals surface area contributed by atoms with Gasteiger partial charge in [0.05, 0.1) is 0 Å². The normalized spacial score (nSPS) is 20.7. The maximum atomic E-state index is 3.68. The van der Waals surface area contributed by atoms with Gasteiger partial charge in [-0.15, -0.1) is 12.4 Å². The second-order valence-corrected chi connectivity index (χ2v) is 2.23. The van der Waals surface area contributed by atoms with Gasteiger partial charge < -0.3 is 16.0 Å². The van der Waals surface area contributed by atoms with E-state index in [2.05, 4.69) is 23.3 Å². The number of rotatable bonds is 1. The van der Waals surface area contributed by atoms with Crippen molar-refractivity contribution >= 4 is 12.4 Å². The molecule has 0 saturated heterocycles. The highest BCUT2D eigenvalue weighted by Gasteiger charge is 2.14. The van der Waals surface area contributed by atoms with E-state index in [1.807, 2.05) is 25.6 Å². The molecule has 0 spiro atoms. The van der Waals surface area contributed by atoms with Gasteiger partial charge in [0.25, 0.3) is 0 Å². The largest absolute Gasteiger partial charge is 0.359 e. The number of hydrogen-bond acceptors (Lipinski definition) is 3. The van der Waals surface area contributed by atoms with E-state index in [9.17, 15) is 0 Å². The summed E-state index contributed by atoms with van der Waals surface area (Å²) < 4.78 is 0. The van der Waals surface area contributed by atoms with Crippen molar-refractivity contribution in [1.29, 1.82) is 0 Å². The maximum absolute atomic E-state index is 3.68. The molecule has 1 aliphatic heterocycles. The first-order valence-electron chi connectivity index (χ1n) is 3.06. The van der Waals surface area contributed by atoms with Crippen LogP contribution in [-0.4, -0.2) is 23.0 Å². The van der Waals surface area contributed by atoms with Crippen molar-refractivity contribution in [2.75, 3.05) is 7.05 Å². The molecule has 4 heteroatoms. The number of hydrogen-bond donors (Lipinski definition) is 1. The quantitative estimate of drug-likeness (QED) is 0.664. The minimum Gasteiger partial charge on any atom is -0.359 e. The Morgan fingerprint density at radius 3 is 2.18 bits per heavy atom. The summed E-state index contributed by atoms with van der Waals surface area (Å²) in [5.41, 5.74) is 0. The summed E-state index contributed by atoms with van der Waals surface area (Å²) in [6.07, 6.45) is 6.30. The van der Waals surface area contributed by atoms with Gasteiger partial charge in [0.1, 0.15) is 6.17 Å². The average molecular weight is 178 g/mol. The van der Waals surface area contributed by atoms with Gasteiger partial charge in [-0.3, -0.25) is 0 Å². The molecule has 3 N–H and O–H groups in total. The topological polar surface area (TPSA) is 41.5 Å². The zero-order valence-corrected chi connectivity index (χ0v) is 7.84. The Morgan fingerprint density at radius 1 is 1.45 bits per heavy atom. The fourth-order valence-corrected chi connectivity index (χ4v) is 0.855. The smallest absolute Gasteiger partial charge is 0.102 e. The monoisotopic (exact) mass is 177 g/mol. The van der Waals surface area contributed by atoms with E-state index in [1.165, 1.54) is 0 Å². The van der Waals surface area contributed by atoms with Gasteiger partial charge in [-0.1, -0.05) is 6.58 Å². The molecule has 0 aliphatic carbocycles. The van der Waals surface area contributed by atoms with Crippen LogP contribution in [0.25, 0.3) is 0 Å². The van der Waals surface area contributed by atoms with Crippen molar-refractivity contribution in [2.45, 2.75) is 13.1 Å². The first-order valence-corrected chi connectivity index (χ1v) is 3.06. The molecule has 11 heavy (non-hydrogen) atoms. The molecule has 0 radical (unpaired) electrons. The van der Waals surface area contributed by atoms with Gasteiger partial charge in [0.15, 0.2) is 0 Å². The predicted molar refractivity (Wildman–Crippen MR) is 50.7 cm³/mol. The van der Waals surface area contributed by atoms with Crippen LogP contribution in [0.3, 0.4) is 0 Å². The minimum atomic E-state index is 0. The van der Waals surface area contributed by atoms with E-state index < -0.39 is 0 Å². The van der Waals surface area contributed by atoms with Gasteiger partial charge in [-0.05, 0) is 13.1 Å². The Labute approximate surface area is 74.4 Å². The van der Waals surface area contributed by atoms with Crippen molar-refractivity contribution < 1.29 is 0 Å².